The van der Waals surface area contributed by atoms with Gasteiger partial charge in [0.2, 0.25) is 0 Å². The van der Waals surface area contributed by atoms with Crippen LogP contribution in [-0.2, 0) is 10.3 Å². The maximum absolute atomic E-state index is 13.3. The predicted molar refractivity (Wildman–Crippen MR) is 116 cm³/mol. The minimum absolute atomic E-state index is 0.0683. The Morgan fingerprint density at radius 3 is 2.23 bits per heavy atom. The summed E-state index contributed by atoms with van der Waals surface area (Å²) in [5.74, 6) is -0.219. The highest BCUT2D eigenvalue weighted by Gasteiger charge is 2.51. The molecule has 4 rings (SSSR count). The van der Waals surface area contributed by atoms with Gasteiger partial charge in [0.1, 0.15) is 5.54 Å². The van der Waals surface area contributed by atoms with Crippen LogP contribution in [0.25, 0.3) is 0 Å². The fourth-order valence-electron chi connectivity index (χ4n) is 4.25. The first-order chi connectivity index (χ1) is 14.9. The number of non-ortho nitro benzene ring substituents is 1. The second-order valence-electron chi connectivity index (χ2n) is 7.81. The molecule has 2 aromatic carbocycles. The van der Waals surface area contributed by atoms with Crippen molar-refractivity contribution in [2.24, 2.45) is 0 Å². The van der Waals surface area contributed by atoms with Crippen LogP contribution in [0.4, 0.5) is 16.2 Å². The molecule has 162 valence electrons. The van der Waals surface area contributed by atoms with Gasteiger partial charge in [0, 0.05) is 44.0 Å². The lowest BCUT2D eigenvalue weighted by Crippen LogP contribution is -2.51. The molecule has 0 aromatic heterocycles. The van der Waals surface area contributed by atoms with E-state index < -0.39 is 10.5 Å². The lowest BCUT2D eigenvalue weighted by Gasteiger charge is -2.37. The Labute approximate surface area is 180 Å². The summed E-state index contributed by atoms with van der Waals surface area (Å²) in [6.07, 6.45) is 0.478. The average Bonchev–Trinajstić information content (AvgIpc) is 3.05. The van der Waals surface area contributed by atoms with Crippen molar-refractivity contribution in [2.75, 3.05) is 37.7 Å². The number of rotatable bonds is 6. The van der Waals surface area contributed by atoms with Crippen LogP contribution in [-0.4, -0.2) is 59.5 Å². The standard InChI is InChI=1S/C22H25N5O4/c1-2-22(17-6-4-3-5-7-17)20(28)26(21(29)23-22)16-24-12-14-25(15-13-24)18-8-10-19(11-9-18)27(30)31/h3-11H,2,12-16H2,1H3,(H,23,29)/t22-/m1/s1. The number of nitro groups is 1. The number of amides is 3. The quantitative estimate of drug-likeness (QED) is 0.436. The number of imide groups is 1. The molecule has 0 spiro atoms. The number of urea groups is 1. The molecule has 0 aliphatic carbocycles. The molecular weight excluding hydrogens is 398 g/mol. The number of benzene rings is 2. The van der Waals surface area contributed by atoms with E-state index in [0.717, 1.165) is 11.3 Å². The molecule has 3 amide bonds. The Balaban J connectivity index is 1.40. The Morgan fingerprint density at radius 2 is 1.65 bits per heavy atom. The summed E-state index contributed by atoms with van der Waals surface area (Å²) in [5, 5.41) is 13.7. The number of anilines is 1. The third-order valence-corrected chi connectivity index (χ3v) is 6.11. The van der Waals surface area contributed by atoms with Crippen molar-refractivity contribution in [3.63, 3.8) is 0 Å². The lowest BCUT2D eigenvalue weighted by molar-refractivity contribution is -0.384. The topological polar surface area (TPSA) is 99.0 Å². The van der Waals surface area contributed by atoms with E-state index in [2.05, 4.69) is 15.1 Å². The van der Waals surface area contributed by atoms with Gasteiger partial charge in [-0.1, -0.05) is 37.3 Å². The van der Waals surface area contributed by atoms with Crippen LogP contribution in [0.5, 0.6) is 0 Å². The molecule has 0 saturated carbocycles. The predicted octanol–water partition coefficient (Wildman–Crippen LogP) is 2.53. The molecule has 2 fully saturated rings. The largest absolute Gasteiger partial charge is 0.369 e. The van der Waals surface area contributed by atoms with Gasteiger partial charge in [-0.15, -0.1) is 0 Å². The Hall–Kier alpha value is -3.46. The molecule has 0 bridgehead atoms. The Kier molecular flexibility index (Phi) is 5.60. The van der Waals surface area contributed by atoms with E-state index in [9.17, 15) is 19.7 Å². The van der Waals surface area contributed by atoms with Gasteiger partial charge in [-0.3, -0.25) is 19.8 Å². The van der Waals surface area contributed by atoms with E-state index in [0.29, 0.717) is 32.6 Å². The first kappa shape index (κ1) is 20.8. The number of carbonyl (C=O) groups excluding carboxylic acids is 2. The maximum atomic E-state index is 13.3. The smallest absolute Gasteiger partial charge is 0.326 e. The normalized spacial score (nSPS) is 22.0. The third-order valence-electron chi connectivity index (χ3n) is 6.11. The van der Waals surface area contributed by atoms with Gasteiger partial charge in [-0.25, -0.2) is 9.69 Å². The molecule has 0 unspecified atom stereocenters. The highest BCUT2D eigenvalue weighted by atomic mass is 16.6. The van der Waals surface area contributed by atoms with Crippen LogP contribution in [0.15, 0.2) is 54.6 Å². The molecule has 1 N–H and O–H groups in total. The third kappa shape index (κ3) is 3.84. The minimum atomic E-state index is -1.01. The highest BCUT2D eigenvalue weighted by molar-refractivity contribution is 6.07. The van der Waals surface area contributed by atoms with E-state index in [4.69, 9.17) is 0 Å². The molecule has 2 heterocycles. The van der Waals surface area contributed by atoms with E-state index >= 15 is 0 Å². The van der Waals surface area contributed by atoms with Crippen molar-refractivity contribution in [2.45, 2.75) is 18.9 Å². The number of carbonyl (C=O) groups is 2. The summed E-state index contributed by atoms with van der Waals surface area (Å²) in [7, 11) is 0. The van der Waals surface area contributed by atoms with E-state index in [1.807, 2.05) is 37.3 Å². The van der Waals surface area contributed by atoms with Crippen LogP contribution >= 0.6 is 0 Å². The fraction of sp³-hybridized carbons (Fsp3) is 0.364. The summed E-state index contributed by atoms with van der Waals surface area (Å²) < 4.78 is 0. The summed E-state index contributed by atoms with van der Waals surface area (Å²) in [6, 6.07) is 15.5. The molecule has 2 saturated heterocycles. The van der Waals surface area contributed by atoms with Gasteiger partial charge in [-0.2, -0.15) is 0 Å². The van der Waals surface area contributed by atoms with Crippen LogP contribution in [0.2, 0.25) is 0 Å². The van der Waals surface area contributed by atoms with Crippen molar-refractivity contribution in [1.29, 1.82) is 0 Å². The second-order valence-corrected chi connectivity index (χ2v) is 7.81. The van der Waals surface area contributed by atoms with Gasteiger partial charge in [0.15, 0.2) is 0 Å². The number of nitro benzene ring substituents is 1. The summed E-state index contributed by atoms with van der Waals surface area (Å²) in [5.41, 5.74) is 0.772. The minimum Gasteiger partial charge on any atom is -0.369 e. The first-order valence-corrected chi connectivity index (χ1v) is 10.4. The van der Waals surface area contributed by atoms with Crippen molar-refractivity contribution in [3.8, 4) is 0 Å². The average molecular weight is 423 g/mol. The Bertz CT molecular complexity index is 973. The molecule has 0 radical (unpaired) electrons. The molecular formula is C22H25N5O4. The number of hydrogen-bond acceptors (Lipinski definition) is 6. The zero-order valence-corrected chi connectivity index (χ0v) is 17.4. The van der Waals surface area contributed by atoms with Crippen LogP contribution in [0.3, 0.4) is 0 Å². The van der Waals surface area contributed by atoms with E-state index in [-0.39, 0.29) is 24.3 Å². The zero-order chi connectivity index (χ0) is 22.0. The molecule has 31 heavy (non-hydrogen) atoms. The number of hydrogen-bond donors (Lipinski definition) is 1. The van der Waals surface area contributed by atoms with Crippen LogP contribution in [0, 0.1) is 10.1 Å². The van der Waals surface area contributed by atoms with Gasteiger partial charge in [0.05, 0.1) is 11.6 Å². The molecule has 9 nitrogen and oxygen atoms in total. The van der Waals surface area contributed by atoms with Crippen LogP contribution < -0.4 is 10.2 Å². The van der Waals surface area contributed by atoms with Crippen molar-refractivity contribution < 1.29 is 14.5 Å². The highest BCUT2D eigenvalue weighted by Crippen LogP contribution is 2.32. The Morgan fingerprint density at radius 1 is 1.00 bits per heavy atom. The molecule has 1 atom stereocenters. The van der Waals surface area contributed by atoms with Gasteiger partial charge >= 0.3 is 6.03 Å². The lowest BCUT2D eigenvalue weighted by atomic mass is 9.87. The summed E-state index contributed by atoms with van der Waals surface area (Å²) in [4.78, 5) is 41.9. The van der Waals surface area contributed by atoms with Crippen molar-refractivity contribution in [3.05, 3.63) is 70.3 Å². The van der Waals surface area contributed by atoms with Crippen LogP contribution in [0.1, 0.15) is 18.9 Å². The first-order valence-electron chi connectivity index (χ1n) is 10.4. The monoisotopic (exact) mass is 423 g/mol. The molecule has 2 aromatic rings. The maximum Gasteiger partial charge on any atom is 0.326 e. The molecule has 9 heteroatoms. The van der Waals surface area contributed by atoms with Gasteiger partial charge in [0.25, 0.3) is 11.6 Å². The van der Waals surface area contributed by atoms with Crippen molar-refractivity contribution >= 4 is 23.3 Å². The molecule has 2 aliphatic heterocycles. The zero-order valence-electron chi connectivity index (χ0n) is 17.4. The number of piperazine rings is 1. The second kappa shape index (κ2) is 8.35. The molecule has 2 aliphatic rings. The summed E-state index contributed by atoms with van der Waals surface area (Å²) >= 11 is 0. The number of nitrogens with one attached hydrogen (secondary N) is 1. The van der Waals surface area contributed by atoms with Gasteiger partial charge < -0.3 is 10.2 Å². The fourth-order valence-corrected chi connectivity index (χ4v) is 4.25. The van der Waals surface area contributed by atoms with Gasteiger partial charge in [-0.05, 0) is 24.1 Å². The SMILES string of the molecule is CC[C@]1(c2ccccc2)NC(=O)N(CN2CCN(c3ccc([N+](=O)[O-])cc3)CC2)C1=O. The number of nitrogens with zero attached hydrogens (tertiary/aromatic N) is 4. The van der Waals surface area contributed by atoms with E-state index in [1.54, 1.807) is 12.1 Å². The van der Waals surface area contributed by atoms with Crippen molar-refractivity contribution in [1.82, 2.24) is 15.1 Å². The van der Waals surface area contributed by atoms with E-state index in [1.165, 1.54) is 17.0 Å². The summed E-state index contributed by atoms with van der Waals surface area (Å²) in [6.45, 7) is 4.92.